The lowest BCUT2D eigenvalue weighted by atomic mass is 10.3. The van der Waals surface area contributed by atoms with E-state index in [9.17, 15) is 9.59 Å². The van der Waals surface area contributed by atoms with Crippen molar-refractivity contribution < 1.29 is 14.7 Å². The number of aliphatic carboxylic acids is 1. The van der Waals surface area contributed by atoms with Crippen LogP contribution in [0.5, 0.6) is 0 Å². The van der Waals surface area contributed by atoms with Crippen LogP contribution in [0.1, 0.15) is 17.4 Å². The number of rotatable bonds is 3. The summed E-state index contributed by atoms with van der Waals surface area (Å²) < 4.78 is 1.61. The first-order chi connectivity index (χ1) is 6.50. The van der Waals surface area contributed by atoms with Crippen molar-refractivity contribution in [1.29, 1.82) is 0 Å². The predicted molar refractivity (Wildman–Crippen MR) is 47.8 cm³/mol. The Labute approximate surface area is 80.6 Å². The van der Waals surface area contributed by atoms with Crippen LogP contribution in [0.3, 0.4) is 0 Å². The zero-order valence-electron chi connectivity index (χ0n) is 7.89. The molecule has 1 amide bonds. The quantitative estimate of drug-likeness (QED) is 0.692. The van der Waals surface area contributed by atoms with Gasteiger partial charge in [-0.25, -0.2) is 4.98 Å². The van der Waals surface area contributed by atoms with Gasteiger partial charge in [0.1, 0.15) is 11.7 Å². The van der Waals surface area contributed by atoms with Crippen LogP contribution in [0.25, 0.3) is 0 Å². The van der Waals surface area contributed by atoms with Gasteiger partial charge in [0.25, 0.3) is 5.91 Å². The Balaban J connectivity index is 2.63. The molecule has 6 nitrogen and oxygen atoms in total. The summed E-state index contributed by atoms with van der Waals surface area (Å²) in [5.41, 5.74) is 0.209. The van der Waals surface area contributed by atoms with E-state index in [-0.39, 0.29) is 5.69 Å². The fraction of sp³-hybridized carbons (Fsp3) is 0.375. The molecule has 2 N–H and O–H groups in total. The summed E-state index contributed by atoms with van der Waals surface area (Å²) in [5, 5.41) is 10.8. The molecule has 1 atom stereocenters. The fourth-order valence-electron chi connectivity index (χ4n) is 0.862. The molecule has 14 heavy (non-hydrogen) atoms. The smallest absolute Gasteiger partial charge is 0.325 e. The Morgan fingerprint density at radius 1 is 1.64 bits per heavy atom. The zero-order valence-corrected chi connectivity index (χ0v) is 7.89. The number of carboxylic acid groups (broad SMARTS) is 1. The monoisotopic (exact) mass is 197 g/mol. The van der Waals surface area contributed by atoms with Crippen LogP contribution >= 0.6 is 0 Å². The van der Waals surface area contributed by atoms with E-state index >= 15 is 0 Å². The molecule has 0 unspecified atom stereocenters. The van der Waals surface area contributed by atoms with Gasteiger partial charge >= 0.3 is 5.97 Å². The SMILES string of the molecule is C[C@@H](NC(=O)c1cn(C)cn1)C(=O)O. The third-order valence-electron chi connectivity index (χ3n) is 1.66. The average Bonchev–Trinajstić information content (AvgIpc) is 2.51. The number of hydrogen-bond acceptors (Lipinski definition) is 3. The van der Waals surface area contributed by atoms with Crippen LogP contribution in [-0.2, 0) is 11.8 Å². The van der Waals surface area contributed by atoms with Crippen LogP contribution in [0.2, 0.25) is 0 Å². The van der Waals surface area contributed by atoms with Crippen molar-refractivity contribution in [2.75, 3.05) is 0 Å². The summed E-state index contributed by atoms with van der Waals surface area (Å²) in [4.78, 5) is 25.5. The minimum absolute atomic E-state index is 0.209. The fourth-order valence-corrected chi connectivity index (χ4v) is 0.862. The van der Waals surface area contributed by atoms with E-state index < -0.39 is 17.9 Å². The molecule has 0 saturated heterocycles. The standard InChI is InChI=1S/C8H11N3O3/c1-5(8(13)14)10-7(12)6-3-11(2)4-9-6/h3-5H,1-2H3,(H,10,12)(H,13,14)/t5-/m1/s1. The van der Waals surface area contributed by atoms with E-state index in [0.717, 1.165) is 0 Å². The maximum Gasteiger partial charge on any atom is 0.325 e. The van der Waals surface area contributed by atoms with Gasteiger partial charge in [-0.3, -0.25) is 9.59 Å². The molecule has 6 heteroatoms. The van der Waals surface area contributed by atoms with E-state index in [2.05, 4.69) is 10.3 Å². The number of nitrogens with one attached hydrogen (secondary N) is 1. The summed E-state index contributed by atoms with van der Waals surface area (Å²) in [6.07, 6.45) is 2.99. The lowest BCUT2D eigenvalue weighted by Crippen LogP contribution is -2.38. The molecule has 1 aromatic rings. The lowest BCUT2D eigenvalue weighted by molar-refractivity contribution is -0.138. The van der Waals surface area contributed by atoms with Crippen molar-refractivity contribution in [2.24, 2.45) is 7.05 Å². The molecular weight excluding hydrogens is 186 g/mol. The van der Waals surface area contributed by atoms with Crippen LogP contribution in [0, 0.1) is 0 Å². The molecule has 0 radical (unpaired) electrons. The molecule has 1 aromatic heterocycles. The van der Waals surface area contributed by atoms with Gasteiger partial charge in [0, 0.05) is 13.2 Å². The third-order valence-corrected chi connectivity index (χ3v) is 1.66. The highest BCUT2D eigenvalue weighted by molar-refractivity contribution is 5.94. The van der Waals surface area contributed by atoms with E-state index in [0.29, 0.717) is 0 Å². The molecule has 76 valence electrons. The van der Waals surface area contributed by atoms with Crippen LogP contribution in [0.15, 0.2) is 12.5 Å². The third kappa shape index (κ3) is 2.32. The second-order valence-corrected chi connectivity index (χ2v) is 2.96. The summed E-state index contributed by atoms with van der Waals surface area (Å²) >= 11 is 0. The van der Waals surface area contributed by atoms with Gasteiger partial charge in [-0.15, -0.1) is 0 Å². The second kappa shape index (κ2) is 3.91. The number of amides is 1. The summed E-state index contributed by atoms with van der Waals surface area (Å²) in [7, 11) is 1.73. The topological polar surface area (TPSA) is 84.2 Å². The Bertz CT molecular complexity index is 358. The van der Waals surface area contributed by atoms with Gasteiger partial charge in [0.05, 0.1) is 6.33 Å². The minimum atomic E-state index is -1.07. The number of imidazole rings is 1. The molecular formula is C8H11N3O3. The summed E-state index contributed by atoms with van der Waals surface area (Å²) in [5.74, 6) is -1.56. The normalized spacial score (nSPS) is 12.1. The number of nitrogens with zero attached hydrogens (tertiary/aromatic N) is 2. The first-order valence-electron chi connectivity index (χ1n) is 4.02. The maximum absolute atomic E-state index is 11.3. The van der Waals surface area contributed by atoms with E-state index in [1.165, 1.54) is 19.4 Å². The first-order valence-corrected chi connectivity index (χ1v) is 4.02. The molecule has 0 saturated carbocycles. The number of aromatic nitrogens is 2. The van der Waals surface area contributed by atoms with Gasteiger partial charge in [-0.2, -0.15) is 0 Å². The molecule has 0 aromatic carbocycles. The van der Waals surface area contributed by atoms with Gasteiger partial charge in [0.2, 0.25) is 0 Å². The van der Waals surface area contributed by atoms with Crippen LogP contribution in [0.4, 0.5) is 0 Å². The number of carbonyl (C=O) groups is 2. The second-order valence-electron chi connectivity index (χ2n) is 2.96. The molecule has 0 aliphatic carbocycles. The van der Waals surface area contributed by atoms with Crippen LogP contribution < -0.4 is 5.32 Å². The van der Waals surface area contributed by atoms with Crippen LogP contribution in [-0.4, -0.2) is 32.6 Å². The number of aryl methyl sites for hydroxylation is 1. The summed E-state index contributed by atoms with van der Waals surface area (Å²) in [6, 6.07) is -0.912. The largest absolute Gasteiger partial charge is 0.480 e. The van der Waals surface area contributed by atoms with Crippen molar-refractivity contribution in [2.45, 2.75) is 13.0 Å². The van der Waals surface area contributed by atoms with E-state index in [4.69, 9.17) is 5.11 Å². The Morgan fingerprint density at radius 3 is 2.71 bits per heavy atom. The van der Waals surface area contributed by atoms with Gasteiger partial charge in [0.15, 0.2) is 0 Å². The highest BCUT2D eigenvalue weighted by atomic mass is 16.4. The maximum atomic E-state index is 11.3. The number of carbonyl (C=O) groups excluding carboxylic acids is 1. The molecule has 0 bridgehead atoms. The van der Waals surface area contributed by atoms with Gasteiger partial charge in [-0.1, -0.05) is 0 Å². The Hall–Kier alpha value is -1.85. The van der Waals surface area contributed by atoms with Gasteiger partial charge < -0.3 is 15.0 Å². The van der Waals surface area contributed by atoms with E-state index in [1.807, 2.05) is 0 Å². The first kappa shape index (κ1) is 10.2. The van der Waals surface area contributed by atoms with Gasteiger partial charge in [-0.05, 0) is 6.92 Å². The highest BCUT2D eigenvalue weighted by Crippen LogP contribution is 1.94. The Kier molecular flexibility index (Phi) is 2.85. The average molecular weight is 197 g/mol. The molecule has 0 aliphatic heterocycles. The van der Waals surface area contributed by atoms with Crippen molar-refractivity contribution in [3.05, 3.63) is 18.2 Å². The van der Waals surface area contributed by atoms with E-state index in [1.54, 1.807) is 11.6 Å². The molecule has 0 fully saturated rings. The predicted octanol–water partition coefficient (Wildman–Crippen LogP) is -0.377. The van der Waals surface area contributed by atoms with Crippen molar-refractivity contribution in [1.82, 2.24) is 14.9 Å². The number of hydrogen-bond donors (Lipinski definition) is 2. The molecule has 0 spiro atoms. The molecule has 1 heterocycles. The highest BCUT2D eigenvalue weighted by Gasteiger charge is 2.16. The lowest BCUT2D eigenvalue weighted by Gasteiger charge is -2.06. The molecule has 1 rings (SSSR count). The Morgan fingerprint density at radius 2 is 2.29 bits per heavy atom. The zero-order chi connectivity index (χ0) is 10.7. The van der Waals surface area contributed by atoms with Crippen molar-refractivity contribution in [3.8, 4) is 0 Å². The molecule has 0 aliphatic rings. The van der Waals surface area contributed by atoms with Crippen molar-refractivity contribution in [3.63, 3.8) is 0 Å². The number of carboxylic acids is 1. The summed E-state index contributed by atoms with van der Waals surface area (Å²) in [6.45, 7) is 1.39. The van der Waals surface area contributed by atoms with Crippen molar-refractivity contribution >= 4 is 11.9 Å². The minimum Gasteiger partial charge on any atom is -0.480 e.